The molecule has 0 heterocycles. The third-order valence-corrected chi connectivity index (χ3v) is 7.91. The van der Waals surface area contributed by atoms with Crippen molar-refractivity contribution in [2.75, 3.05) is 0 Å². The van der Waals surface area contributed by atoms with Crippen LogP contribution in [0.1, 0.15) is 96.8 Å². The van der Waals surface area contributed by atoms with Crippen molar-refractivity contribution < 1.29 is 0 Å². The molecule has 2 unspecified atom stereocenters. The Kier molecular flexibility index (Phi) is 7.68. The first-order valence-corrected chi connectivity index (χ1v) is 11.6. The Morgan fingerprint density at radius 2 is 1.20 bits per heavy atom. The molecule has 0 nitrogen and oxygen atoms in total. The molecule has 0 aliphatic heterocycles. The number of allylic oxidation sites excluding steroid dienone is 3. The number of hydrogen-bond acceptors (Lipinski definition) is 0. The van der Waals surface area contributed by atoms with Gasteiger partial charge in [0.05, 0.1) is 0 Å². The minimum Gasteiger partial charge on any atom is -0.103 e. The highest BCUT2D eigenvalue weighted by Gasteiger charge is 2.31. The van der Waals surface area contributed by atoms with Crippen molar-refractivity contribution in [3.8, 4) is 0 Å². The van der Waals surface area contributed by atoms with Crippen LogP contribution in [0.4, 0.5) is 0 Å². The molecule has 0 bridgehead atoms. The monoisotopic (exact) mass is 342 g/mol. The molecule has 2 fully saturated rings. The van der Waals surface area contributed by atoms with Gasteiger partial charge in [0.2, 0.25) is 0 Å². The second-order valence-corrected chi connectivity index (χ2v) is 9.51. The predicted octanol–water partition coefficient (Wildman–Crippen LogP) is 7.95. The highest BCUT2D eigenvalue weighted by molar-refractivity contribution is 5.03. The molecular formula is C25H42. The lowest BCUT2D eigenvalue weighted by Crippen LogP contribution is -2.26. The quantitative estimate of drug-likeness (QED) is 0.412. The van der Waals surface area contributed by atoms with E-state index in [9.17, 15) is 0 Å². The molecular weight excluding hydrogens is 300 g/mol. The van der Waals surface area contributed by atoms with E-state index in [1.165, 1.54) is 89.9 Å². The summed E-state index contributed by atoms with van der Waals surface area (Å²) in [6.45, 7) is 6.23. The second kappa shape index (κ2) is 9.98. The fourth-order valence-corrected chi connectivity index (χ4v) is 6.22. The van der Waals surface area contributed by atoms with Gasteiger partial charge in [-0.25, -0.2) is 0 Å². The van der Waals surface area contributed by atoms with Crippen molar-refractivity contribution in [3.05, 3.63) is 24.8 Å². The molecule has 0 aromatic heterocycles. The summed E-state index contributed by atoms with van der Waals surface area (Å²) in [5.74, 6) is 5.89. The molecule has 0 saturated heterocycles. The SMILES string of the molecule is C=CCCC1CCC(C2C=CC(C3CCC(CCC)CC3)CC2)CC1. The Labute approximate surface area is 157 Å². The summed E-state index contributed by atoms with van der Waals surface area (Å²) in [4.78, 5) is 0. The number of hydrogen-bond donors (Lipinski definition) is 0. The molecule has 3 rings (SSSR count). The van der Waals surface area contributed by atoms with Crippen LogP contribution in [0.3, 0.4) is 0 Å². The molecule has 2 atom stereocenters. The Balaban J connectivity index is 1.40. The van der Waals surface area contributed by atoms with Gasteiger partial charge in [-0.3, -0.25) is 0 Å². The van der Waals surface area contributed by atoms with Crippen molar-refractivity contribution in [2.24, 2.45) is 35.5 Å². The first-order valence-electron chi connectivity index (χ1n) is 11.6. The highest BCUT2D eigenvalue weighted by atomic mass is 14.4. The van der Waals surface area contributed by atoms with Gasteiger partial charge in [-0.15, -0.1) is 6.58 Å². The Morgan fingerprint density at radius 1 is 0.720 bits per heavy atom. The average molecular weight is 343 g/mol. The third kappa shape index (κ3) is 5.48. The Bertz CT molecular complexity index is 404. The maximum Gasteiger partial charge on any atom is -0.0205 e. The van der Waals surface area contributed by atoms with E-state index in [0.29, 0.717) is 0 Å². The van der Waals surface area contributed by atoms with Crippen LogP contribution in [0.25, 0.3) is 0 Å². The van der Waals surface area contributed by atoms with Crippen LogP contribution in [-0.2, 0) is 0 Å². The van der Waals surface area contributed by atoms with Crippen molar-refractivity contribution >= 4 is 0 Å². The molecule has 0 N–H and O–H groups in total. The number of rotatable bonds is 7. The zero-order chi connectivity index (χ0) is 17.5. The lowest BCUT2D eigenvalue weighted by Gasteiger charge is -2.38. The molecule has 3 aliphatic rings. The Hall–Kier alpha value is -0.520. The molecule has 3 aliphatic carbocycles. The van der Waals surface area contributed by atoms with E-state index in [2.05, 4.69) is 31.7 Å². The zero-order valence-electron chi connectivity index (χ0n) is 16.8. The predicted molar refractivity (Wildman–Crippen MR) is 111 cm³/mol. The van der Waals surface area contributed by atoms with Crippen molar-refractivity contribution in [1.82, 2.24) is 0 Å². The summed E-state index contributed by atoms with van der Waals surface area (Å²) < 4.78 is 0. The van der Waals surface area contributed by atoms with Crippen LogP contribution >= 0.6 is 0 Å². The smallest absolute Gasteiger partial charge is 0.0205 e. The molecule has 25 heavy (non-hydrogen) atoms. The van der Waals surface area contributed by atoms with Crippen molar-refractivity contribution in [3.63, 3.8) is 0 Å². The third-order valence-electron chi connectivity index (χ3n) is 7.91. The normalized spacial score (nSPS) is 39.2. The largest absolute Gasteiger partial charge is 0.103 e. The summed E-state index contributed by atoms with van der Waals surface area (Å²) in [6, 6.07) is 0. The van der Waals surface area contributed by atoms with Gasteiger partial charge in [0.15, 0.2) is 0 Å². The van der Waals surface area contributed by atoms with Gasteiger partial charge in [0, 0.05) is 0 Å². The van der Waals surface area contributed by atoms with Gasteiger partial charge in [0.1, 0.15) is 0 Å². The van der Waals surface area contributed by atoms with Crippen LogP contribution < -0.4 is 0 Å². The van der Waals surface area contributed by atoms with E-state index in [1.807, 2.05) is 0 Å². The van der Waals surface area contributed by atoms with Crippen LogP contribution in [0.5, 0.6) is 0 Å². The minimum absolute atomic E-state index is 0.910. The summed E-state index contributed by atoms with van der Waals surface area (Å²) in [5.41, 5.74) is 0. The highest BCUT2D eigenvalue weighted by Crippen LogP contribution is 2.43. The summed E-state index contributed by atoms with van der Waals surface area (Å²) in [5, 5.41) is 0. The van der Waals surface area contributed by atoms with Crippen LogP contribution in [0.2, 0.25) is 0 Å². The average Bonchev–Trinajstić information content (AvgIpc) is 2.68. The fraction of sp³-hybridized carbons (Fsp3) is 0.840. The second-order valence-electron chi connectivity index (χ2n) is 9.51. The fourth-order valence-electron chi connectivity index (χ4n) is 6.22. The molecule has 0 radical (unpaired) electrons. The topological polar surface area (TPSA) is 0 Å². The molecule has 142 valence electrons. The molecule has 0 spiro atoms. The van der Waals surface area contributed by atoms with Crippen LogP contribution in [0, 0.1) is 35.5 Å². The van der Waals surface area contributed by atoms with Gasteiger partial charge in [-0.2, -0.15) is 0 Å². The van der Waals surface area contributed by atoms with E-state index in [4.69, 9.17) is 0 Å². The van der Waals surface area contributed by atoms with E-state index in [0.717, 1.165) is 35.5 Å². The van der Waals surface area contributed by atoms with Gasteiger partial charge in [-0.05, 0) is 86.9 Å². The van der Waals surface area contributed by atoms with E-state index >= 15 is 0 Å². The minimum atomic E-state index is 0.910. The Morgan fingerprint density at radius 3 is 1.60 bits per heavy atom. The summed E-state index contributed by atoms with van der Waals surface area (Å²) in [7, 11) is 0. The summed E-state index contributed by atoms with van der Waals surface area (Å²) in [6.07, 6.45) is 27.9. The lowest BCUT2D eigenvalue weighted by atomic mass is 9.67. The molecule has 0 heteroatoms. The van der Waals surface area contributed by atoms with Crippen LogP contribution in [-0.4, -0.2) is 0 Å². The molecule has 0 aromatic carbocycles. The molecule has 2 saturated carbocycles. The maximum absolute atomic E-state index is 3.88. The first-order chi connectivity index (χ1) is 12.3. The zero-order valence-corrected chi connectivity index (χ0v) is 16.8. The van der Waals surface area contributed by atoms with Crippen molar-refractivity contribution in [2.45, 2.75) is 96.8 Å². The van der Waals surface area contributed by atoms with Gasteiger partial charge >= 0.3 is 0 Å². The van der Waals surface area contributed by atoms with Gasteiger partial charge < -0.3 is 0 Å². The standard InChI is InChI=1S/C25H42/c1-3-5-7-21-10-14-23(15-11-21)25-18-16-24(17-19-25)22-12-8-20(6-4-2)9-13-22/h3,16,18,20-25H,1,4-15,17,19H2,2H3. The van der Waals surface area contributed by atoms with Gasteiger partial charge in [0.25, 0.3) is 0 Å². The van der Waals surface area contributed by atoms with E-state index in [1.54, 1.807) is 0 Å². The van der Waals surface area contributed by atoms with Gasteiger partial charge in [-0.1, -0.05) is 63.7 Å². The summed E-state index contributed by atoms with van der Waals surface area (Å²) >= 11 is 0. The van der Waals surface area contributed by atoms with Crippen LogP contribution in [0.15, 0.2) is 24.8 Å². The van der Waals surface area contributed by atoms with E-state index < -0.39 is 0 Å². The van der Waals surface area contributed by atoms with E-state index in [-0.39, 0.29) is 0 Å². The first kappa shape index (κ1) is 19.2. The van der Waals surface area contributed by atoms with Crippen molar-refractivity contribution in [1.29, 1.82) is 0 Å². The lowest BCUT2D eigenvalue weighted by molar-refractivity contribution is 0.177. The maximum atomic E-state index is 3.88. The molecule has 0 aromatic rings. The molecule has 0 amide bonds.